The number of pyridine rings is 1. The lowest BCUT2D eigenvalue weighted by atomic mass is 10.1. The maximum atomic E-state index is 12.2. The summed E-state index contributed by atoms with van der Waals surface area (Å²) in [6, 6.07) is 1.86. The number of anilines is 1. The molecule has 1 fully saturated rings. The summed E-state index contributed by atoms with van der Waals surface area (Å²) in [7, 11) is 1.83. The van der Waals surface area contributed by atoms with Crippen molar-refractivity contribution in [3.05, 3.63) is 18.0 Å². The first kappa shape index (κ1) is 13.6. The van der Waals surface area contributed by atoms with Gasteiger partial charge in [0.1, 0.15) is 4.33 Å². The first-order valence-corrected chi connectivity index (χ1v) is 6.99. The van der Waals surface area contributed by atoms with Crippen LogP contribution in [0.4, 0.5) is 5.69 Å². The fraction of sp³-hybridized carbons (Fsp3) is 0.462. The maximum Gasteiger partial charge on any atom is 0.233 e. The van der Waals surface area contributed by atoms with Crippen LogP contribution in [0.1, 0.15) is 19.0 Å². The Balaban J connectivity index is 1.89. The van der Waals surface area contributed by atoms with E-state index in [1.54, 1.807) is 17.8 Å². The Kier molecular flexibility index (Phi) is 2.79. The van der Waals surface area contributed by atoms with Gasteiger partial charge in [0.25, 0.3) is 0 Å². The monoisotopic (exact) mass is 312 g/mol. The zero-order valence-electron chi connectivity index (χ0n) is 11.4. The lowest BCUT2D eigenvalue weighted by Gasteiger charge is -2.12. The number of aryl methyl sites for hydroxylation is 2. The van der Waals surface area contributed by atoms with Crippen molar-refractivity contribution in [2.24, 2.45) is 12.5 Å². The number of nitrogens with zero attached hydrogens (tertiary/aromatic N) is 3. The molecule has 20 heavy (non-hydrogen) atoms. The number of amides is 1. The van der Waals surface area contributed by atoms with Gasteiger partial charge in [0, 0.05) is 12.4 Å². The molecule has 0 saturated heterocycles. The summed E-state index contributed by atoms with van der Waals surface area (Å²) in [5.74, 6) is -0.190. The Morgan fingerprint density at radius 3 is 2.75 bits per heavy atom. The van der Waals surface area contributed by atoms with Gasteiger partial charge in [0.15, 0.2) is 5.65 Å². The van der Waals surface area contributed by atoms with E-state index >= 15 is 0 Å². The minimum absolute atomic E-state index is 0.190. The molecular formula is C13H14Cl2N4O. The van der Waals surface area contributed by atoms with Crippen LogP contribution in [-0.4, -0.2) is 25.0 Å². The average Bonchev–Trinajstić information content (AvgIpc) is 2.75. The Labute approximate surface area is 126 Å². The number of carbonyl (C=O) groups is 1. The summed E-state index contributed by atoms with van der Waals surface area (Å²) in [5, 5.41) is 8.03. The van der Waals surface area contributed by atoms with E-state index in [0.717, 1.165) is 16.7 Å². The molecule has 106 valence electrons. The molecule has 0 aliphatic heterocycles. The fourth-order valence-electron chi connectivity index (χ4n) is 2.29. The van der Waals surface area contributed by atoms with Crippen molar-refractivity contribution in [2.45, 2.75) is 24.6 Å². The van der Waals surface area contributed by atoms with Gasteiger partial charge in [-0.05, 0) is 26.3 Å². The van der Waals surface area contributed by atoms with Crippen molar-refractivity contribution in [1.82, 2.24) is 14.8 Å². The summed E-state index contributed by atoms with van der Waals surface area (Å²) in [4.78, 5) is 16.5. The highest BCUT2D eigenvalue weighted by Gasteiger charge is 2.67. The van der Waals surface area contributed by atoms with Crippen molar-refractivity contribution in [1.29, 1.82) is 0 Å². The summed E-state index contributed by atoms with van der Waals surface area (Å²) >= 11 is 12.0. The second-order valence-corrected chi connectivity index (χ2v) is 6.96. The lowest BCUT2D eigenvalue weighted by molar-refractivity contribution is -0.120. The van der Waals surface area contributed by atoms with Gasteiger partial charge in [-0.15, -0.1) is 23.2 Å². The number of hydrogen-bond acceptors (Lipinski definition) is 3. The molecule has 7 heteroatoms. The normalized spacial score (nSPS) is 23.9. The van der Waals surface area contributed by atoms with Gasteiger partial charge in [-0.2, -0.15) is 5.10 Å². The summed E-state index contributed by atoms with van der Waals surface area (Å²) in [6.07, 6.45) is 2.06. The Morgan fingerprint density at radius 2 is 2.15 bits per heavy atom. The van der Waals surface area contributed by atoms with Crippen LogP contribution < -0.4 is 5.32 Å². The van der Waals surface area contributed by atoms with E-state index in [-0.39, 0.29) is 5.91 Å². The highest BCUT2D eigenvalue weighted by molar-refractivity contribution is 6.53. The van der Waals surface area contributed by atoms with Gasteiger partial charge in [-0.1, -0.05) is 0 Å². The van der Waals surface area contributed by atoms with Gasteiger partial charge < -0.3 is 5.32 Å². The quantitative estimate of drug-likeness (QED) is 0.867. The van der Waals surface area contributed by atoms with E-state index in [4.69, 9.17) is 23.2 Å². The van der Waals surface area contributed by atoms with Gasteiger partial charge in [-0.25, -0.2) is 4.98 Å². The van der Waals surface area contributed by atoms with Crippen LogP contribution in [-0.2, 0) is 11.8 Å². The number of fused-ring (bicyclic) bond motifs is 1. The van der Waals surface area contributed by atoms with Crippen molar-refractivity contribution in [2.75, 3.05) is 5.32 Å². The van der Waals surface area contributed by atoms with Crippen LogP contribution in [0.15, 0.2) is 12.3 Å². The zero-order valence-corrected chi connectivity index (χ0v) is 12.9. The molecule has 1 N–H and O–H groups in total. The van der Waals surface area contributed by atoms with E-state index < -0.39 is 9.75 Å². The molecule has 0 radical (unpaired) electrons. The smallest absolute Gasteiger partial charge is 0.233 e. The molecule has 0 bridgehead atoms. The number of carbonyl (C=O) groups excluding carboxylic acids is 1. The maximum absolute atomic E-state index is 12.2. The van der Waals surface area contributed by atoms with Crippen LogP contribution in [0.25, 0.3) is 11.0 Å². The summed E-state index contributed by atoms with van der Waals surface area (Å²) < 4.78 is 0.736. The van der Waals surface area contributed by atoms with Crippen LogP contribution in [0.3, 0.4) is 0 Å². The number of halogens is 2. The first-order chi connectivity index (χ1) is 9.24. The molecule has 0 spiro atoms. The number of aromatic nitrogens is 3. The first-order valence-electron chi connectivity index (χ1n) is 6.23. The van der Waals surface area contributed by atoms with Crippen molar-refractivity contribution in [3.63, 3.8) is 0 Å². The SMILES string of the molecule is Cc1nn(C)c2ncc(NC(=O)C3(C)CC3(Cl)Cl)cc12. The minimum atomic E-state index is -0.973. The zero-order chi connectivity index (χ0) is 14.7. The molecule has 2 aromatic rings. The molecule has 5 nitrogen and oxygen atoms in total. The van der Waals surface area contributed by atoms with Gasteiger partial charge in [0.05, 0.1) is 23.0 Å². The van der Waals surface area contributed by atoms with E-state index in [9.17, 15) is 4.79 Å². The Morgan fingerprint density at radius 1 is 1.50 bits per heavy atom. The molecule has 1 aliphatic rings. The second-order valence-electron chi connectivity index (χ2n) is 5.47. The largest absolute Gasteiger partial charge is 0.324 e. The third-order valence-corrected chi connectivity index (χ3v) is 4.98. The molecule has 2 aromatic heterocycles. The van der Waals surface area contributed by atoms with Gasteiger partial charge in [-0.3, -0.25) is 9.48 Å². The molecule has 0 aromatic carbocycles. The van der Waals surface area contributed by atoms with E-state index in [0.29, 0.717) is 12.1 Å². The molecule has 1 unspecified atom stereocenters. The van der Waals surface area contributed by atoms with E-state index in [1.807, 2.05) is 20.0 Å². The highest BCUT2D eigenvalue weighted by atomic mass is 35.5. The third kappa shape index (κ3) is 1.88. The van der Waals surface area contributed by atoms with E-state index in [1.165, 1.54) is 0 Å². The van der Waals surface area contributed by atoms with Crippen LogP contribution in [0.5, 0.6) is 0 Å². The predicted octanol–water partition coefficient (Wildman–Crippen LogP) is 2.80. The second kappa shape index (κ2) is 4.09. The molecular weight excluding hydrogens is 299 g/mol. The van der Waals surface area contributed by atoms with Crippen molar-refractivity contribution < 1.29 is 4.79 Å². The van der Waals surface area contributed by atoms with Gasteiger partial charge in [0.2, 0.25) is 5.91 Å². The molecule has 2 heterocycles. The number of hydrogen-bond donors (Lipinski definition) is 1. The van der Waals surface area contributed by atoms with Crippen LogP contribution in [0.2, 0.25) is 0 Å². The van der Waals surface area contributed by atoms with Crippen LogP contribution >= 0.6 is 23.2 Å². The van der Waals surface area contributed by atoms with Crippen LogP contribution in [0, 0.1) is 12.3 Å². The fourth-order valence-corrected chi connectivity index (χ4v) is 3.00. The van der Waals surface area contributed by atoms with Crippen molar-refractivity contribution >= 4 is 45.8 Å². The Bertz CT molecular complexity index is 724. The number of alkyl halides is 2. The van der Waals surface area contributed by atoms with Gasteiger partial charge >= 0.3 is 0 Å². The third-order valence-electron chi connectivity index (χ3n) is 3.88. The standard InChI is InChI=1S/C13H14Cl2N4O/c1-7-9-4-8(5-16-10(9)19(3)18-7)17-11(20)12(2)6-13(12,14)15/h4-5H,6H2,1-3H3,(H,17,20). The molecule has 1 aliphatic carbocycles. The van der Waals surface area contributed by atoms with E-state index in [2.05, 4.69) is 15.4 Å². The summed E-state index contributed by atoms with van der Waals surface area (Å²) in [6.45, 7) is 3.66. The predicted molar refractivity (Wildman–Crippen MR) is 79.0 cm³/mol. The highest BCUT2D eigenvalue weighted by Crippen LogP contribution is 2.64. The summed E-state index contributed by atoms with van der Waals surface area (Å²) in [5.41, 5.74) is 1.53. The molecule has 1 atom stereocenters. The number of nitrogens with one attached hydrogen (secondary N) is 1. The molecule has 1 amide bonds. The van der Waals surface area contributed by atoms with Crippen molar-refractivity contribution in [3.8, 4) is 0 Å². The Hall–Kier alpha value is -1.33. The average molecular weight is 313 g/mol. The number of rotatable bonds is 2. The minimum Gasteiger partial charge on any atom is -0.324 e. The molecule has 3 rings (SSSR count). The lowest BCUT2D eigenvalue weighted by Crippen LogP contribution is -2.26. The topological polar surface area (TPSA) is 59.8 Å². The molecule has 1 saturated carbocycles.